The summed E-state index contributed by atoms with van der Waals surface area (Å²) in [6, 6.07) is 15.4. The number of carbonyl (C=O) groups is 2. The van der Waals surface area contributed by atoms with Crippen LogP contribution in [0.2, 0.25) is 0 Å². The molecule has 5 atom stereocenters. The van der Waals surface area contributed by atoms with Crippen molar-refractivity contribution >= 4 is 11.9 Å². The highest BCUT2D eigenvalue weighted by Gasteiger charge is 2.63. The fourth-order valence-corrected chi connectivity index (χ4v) is 6.83. The van der Waals surface area contributed by atoms with Crippen LogP contribution >= 0.6 is 0 Å². The summed E-state index contributed by atoms with van der Waals surface area (Å²) >= 11 is 0. The molecule has 35 heavy (non-hydrogen) atoms. The third kappa shape index (κ3) is 3.06. The predicted octanol–water partition coefficient (Wildman–Crippen LogP) is 5.97. The topological polar surface area (TPSA) is 74.6 Å². The van der Waals surface area contributed by atoms with Gasteiger partial charge in [0.2, 0.25) is 0 Å². The van der Waals surface area contributed by atoms with Gasteiger partial charge in [-0.2, -0.15) is 0 Å². The van der Waals surface area contributed by atoms with Crippen LogP contribution in [0, 0.1) is 17.8 Å². The molecule has 3 aliphatic carbocycles. The van der Waals surface area contributed by atoms with E-state index < -0.39 is 34.6 Å². The van der Waals surface area contributed by atoms with Crippen molar-refractivity contribution in [1.29, 1.82) is 0 Å². The summed E-state index contributed by atoms with van der Waals surface area (Å²) in [6.07, 6.45) is 11.5. The highest BCUT2D eigenvalue weighted by Crippen LogP contribution is 2.61. The third-order valence-corrected chi connectivity index (χ3v) is 8.48. The summed E-state index contributed by atoms with van der Waals surface area (Å²) in [5, 5.41) is 21.7. The van der Waals surface area contributed by atoms with E-state index >= 15 is 0 Å². The van der Waals surface area contributed by atoms with E-state index in [9.17, 15) is 19.8 Å². The molecule has 5 unspecified atom stereocenters. The monoisotopic (exact) mass is 466 g/mol. The molecule has 0 heterocycles. The van der Waals surface area contributed by atoms with E-state index in [1.807, 2.05) is 85.0 Å². The third-order valence-electron chi connectivity index (χ3n) is 8.48. The molecule has 0 saturated heterocycles. The minimum absolute atomic E-state index is 0.121. The number of carboxylic acids is 2. The second kappa shape index (κ2) is 8.25. The normalized spacial score (nSPS) is 28.2. The van der Waals surface area contributed by atoms with Crippen LogP contribution in [-0.2, 0) is 20.4 Å². The van der Waals surface area contributed by atoms with Crippen LogP contribution in [0.5, 0.6) is 0 Å². The molecule has 4 nitrogen and oxygen atoms in total. The minimum Gasteiger partial charge on any atom is -0.481 e. The number of benzene rings is 2. The van der Waals surface area contributed by atoms with Crippen LogP contribution in [0.15, 0.2) is 90.7 Å². The zero-order valence-corrected chi connectivity index (χ0v) is 20.2. The lowest BCUT2D eigenvalue weighted by molar-refractivity contribution is -0.148. The zero-order valence-electron chi connectivity index (χ0n) is 20.2. The zero-order chi connectivity index (χ0) is 25.0. The molecule has 0 saturated carbocycles. The lowest BCUT2D eigenvalue weighted by Gasteiger charge is -2.52. The maximum Gasteiger partial charge on any atom is 0.315 e. The van der Waals surface area contributed by atoms with Crippen LogP contribution < -0.4 is 0 Å². The summed E-state index contributed by atoms with van der Waals surface area (Å²) in [4.78, 5) is 26.5. The summed E-state index contributed by atoms with van der Waals surface area (Å²) in [6.45, 7) is 5.93. The average molecular weight is 467 g/mol. The molecule has 3 aliphatic rings. The molecule has 0 spiro atoms. The smallest absolute Gasteiger partial charge is 0.315 e. The van der Waals surface area contributed by atoms with Gasteiger partial charge in [0.1, 0.15) is 5.41 Å². The molecular weight excluding hydrogens is 436 g/mol. The molecule has 2 aromatic rings. The van der Waals surface area contributed by atoms with Gasteiger partial charge in [-0.3, -0.25) is 9.59 Å². The lowest BCUT2D eigenvalue weighted by atomic mass is 9.48. The van der Waals surface area contributed by atoms with Gasteiger partial charge in [0, 0.05) is 23.7 Å². The number of rotatable bonds is 6. The molecule has 0 aliphatic heterocycles. The lowest BCUT2D eigenvalue weighted by Crippen LogP contribution is -2.56. The predicted molar refractivity (Wildman–Crippen MR) is 135 cm³/mol. The Balaban J connectivity index is 1.90. The molecule has 0 radical (unpaired) electrons. The van der Waals surface area contributed by atoms with Crippen molar-refractivity contribution in [1.82, 2.24) is 0 Å². The Kier molecular flexibility index (Phi) is 5.45. The average Bonchev–Trinajstić information content (AvgIpc) is 3.54. The Morgan fingerprint density at radius 1 is 0.971 bits per heavy atom. The molecule has 0 aromatic heterocycles. The van der Waals surface area contributed by atoms with Gasteiger partial charge in [-0.25, -0.2) is 0 Å². The molecule has 0 amide bonds. The van der Waals surface area contributed by atoms with Gasteiger partial charge in [0.25, 0.3) is 0 Å². The summed E-state index contributed by atoms with van der Waals surface area (Å²) in [5.41, 5.74) is 3.95. The van der Waals surface area contributed by atoms with E-state index in [4.69, 9.17) is 0 Å². The highest BCUT2D eigenvalue weighted by molar-refractivity contribution is 5.88. The fraction of sp³-hybridized carbons (Fsp3) is 0.323. The SMILES string of the molecule is CC(C)c1ccccc1C(C(=O)O)(C1C=CC=C1)C1c2ccccc2C(C)(C(=O)O)C2C=C=CC21. The first kappa shape index (κ1) is 23.1. The number of carboxylic acid groups (broad SMARTS) is 2. The molecule has 5 rings (SSSR count). The van der Waals surface area contributed by atoms with Crippen molar-refractivity contribution in [3.63, 3.8) is 0 Å². The molecule has 2 aromatic carbocycles. The molecule has 4 heteroatoms. The van der Waals surface area contributed by atoms with Crippen LogP contribution in [0.25, 0.3) is 0 Å². The van der Waals surface area contributed by atoms with Crippen molar-refractivity contribution < 1.29 is 19.8 Å². The molecule has 2 N–H and O–H groups in total. The summed E-state index contributed by atoms with van der Waals surface area (Å²) in [7, 11) is 0. The molecule has 0 fully saturated rings. The van der Waals surface area contributed by atoms with E-state index in [1.54, 1.807) is 6.92 Å². The number of aliphatic carboxylic acids is 2. The maximum atomic E-state index is 13.7. The second-order valence-corrected chi connectivity index (χ2v) is 10.4. The van der Waals surface area contributed by atoms with E-state index in [0.29, 0.717) is 5.56 Å². The fourth-order valence-electron chi connectivity index (χ4n) is 6.83. The number of hydrogen-bond acceptors (Lipinski definition) is 2. The summed E-state index contributed by atoms with van der Waals surface area (Å²) < 4.78 is 0. The number of hydrogen-bond donors (Lipinski definition) is 2. The van der Waals surface area contributed by atoms with Gasteiger partial charge in [-0.1, -0.05) is 86.7 Å². The van der Waals surface area contributed by atoms with E-state index in [0.717, 1.165) is 16.7 Å². The summed E-state index contributed by atoms with van der Waals surface area (Å²) in [5.74, 6) is -3.29. The molecule has 178 valence electrons. The van der Waals surface area contributed by atoms with Crippen LogP contribution in [-0.4, -0.2) is 22.2 Å². The van der Waals surface area contributed by atoms with Crippen molar-refractivity contribution in [3.8, 4) is 0 Å². The van der Waals surface area contributed by atoms with E-state index in [1.165, 1.54) is 0 Å². The van der Waals surface area contributed by atoms with E-state index in [2.05, 4.69) is 19.6 Å². The number of fused-ring (bicyclic) bond motifs is 2. The number of allylic oxidation sites excluding steroid dienone is 5. The van der Waals surface area contributed by atoms with Crippen LogP contribution in [0.1, 0.15) is 54.9 Å². The first-order valence-corrected chi connectivity index (χ1v) is 12.2. The van der Waals surface area contributed by atoms with Crippen LogP contribution in [0.3, 0.4) is 0 Å². The molecular formula is C31H30O4. The van der Waals surface area contributed by atoms with Crippen molar-refractivity contribution in [2.45, 2.75) is 43.4 Å². The quantitative estimate of drug-likeness (QED) is 0.514. The Hall–Kier alpha value is -3.62. The van der Waals surface area contributed by atoms with Gasteiger partial charge >= 0.3 is 11.9 Å². The minimum atomic E-state index is -1.33. The standard InChI is InChI=1S/C31H30O4/c1-19(2)21-13-6-9-17-26(21)31(29(34)35,20-11-4-5-12-20)27-22-14-7-8-16-24(22)30(3,28(32)33)25-18-10-15-23(25)27/h4-9,11-20,23,25,27H,1-3H3,(H,32,33)(H,34,35). The Bertz CT molecular complexity index is 1310. The Morgan fingerprint density at radius 2 is 1.63 bits per heavy atom. The van der Waals surface area contributed by atoms with Gasteiger partial charge in [-0.15, -0.1) is 5.73 Å². The Labute approximate surface area is 206 Å². The van der Waals surface area contributed by atoms with Crippen LogP contribution in [0.4, 0.5) is 0 Å². The van der Waals surface area contributed by atoms with E-state index in [-0.39, 0.29) is 17.8 Å². The van der Waals surface area contributed by atoms with Gasteiger partial charge in [0.15, 0.2) is 0 Å². The maximum absolute atomic E-state index is 13.7. The first-order chi connectivity index (χ1) is 16.8. The van der Waals surface area contributed by atoms with Gasteiger partial charge < -0.3 is 10.2 Å². The van der Waals surface area contributed by atoms with Gasteiger partial charge in [-0.05, 0) is 47.2 Å². The van der Waals surface area contributed by atoms with Crippen molar-refractivity contribution in [3.05, 3.63) is 113 Å². The van der Waals surface area contributed by atoms with Crippen molar-refractivity contribution in [2.24, 2.45) is 17.8 Å². The first-order valence-electron chi connectivity index (χ1n) is 12.2. The molecule has 0 bridgehead atoms. The highest BCUT2D eigenvalue weighted by atomic mass is 16.4. The largest absolute Gasteiger partial charge is 0.481 e. The van der Waals surface area contributed by atoms with Gasteiger partial charge in [0.05, 0.1) is 5.41 Å². The second-order valence-electron chi connectivity index (χ2n) is 10.4. The Morgan fingerprint density at radius 3 is 2.29 bits per heavy atom. The van der Waals surface area contributed by atoms with Crippen molar-refractivity contribution in [2.75, 3.05) is 0 Å².